The SMILES string of the molecule is Cc1c(CN=C(N)NCCc2ccccc2)cnn1C.I. The molecule has 0 radical (unpaired) electrons. The molecule has 0 fully saturated rings. The van der Waals surface area contributed by atoms with Crippen LogP contribution in [-0.2, 0) is 20.0 Å². The fourth-order valence-corrected chi connectivity index (χ4v) is 1.91. The van der Waals surface area contributed by atoms with Crippen molar-refractivity contribution in [2.24, 2.45) is 17.8 Å². The van der Waals surface area contributed by atoms with Crippen molar-refractivity contribution in [2.75, 3.05) is 6.54 Å². The molecule has 0 unspecified atom stereocenters. The topological polar surface area (TPSA) is 68.2 Å². The third-order valence-electron chi connectivity index (χ3n) is 3.32. The molecule has 0 atom stereocenters. The average Bonchev–Trinajstić information content (AvgIpc) is 2.78. The Labute approximate surface area is 142 Å². The van der Waals surface area contributed by atoms with Crippen molar-refractivity contribution in [3.63, 3.8) is 0 Å². The van der Waals surface area contributed by atoms with E-state index >= 15 is 0 Å². The van der Waals surface area contributed by atoms with E-state index in [9.17, 15) is 0 Å². The van der Waals surface area contributed by atoms with E-state index in [0.29, 0.717) is 12.5 Å². The first-order valence-corrected chi connectivity index (χ1v) is 6.72. The summed E-state index contributed by atoms with van der Waals surface area (Å²) in [5, 5.41) is 7.31. The van der Waals surface area contributed by atoms with E-state index in [-0.39, 0.29) is 24.0 Å². The molecule has 0 aliphatic heterocycles. The van der Waals surface area contributed by atoms with Crippen LogP contribution in [0.2, 0.25) is 0 Å². The lowest BCUT2D eigenvalue weighted by Gasteiger charge is -2.05. The third-order valence-corrected chi connectivity index (χ3v) is 3.32. The zero-order valence-corrected chi connectivity index (χ0v) is 14.7. The molecule has 0 spiro atoms. The molecule has 1 heterocycles. The Balaban J connectivity index is 0.00000220. The van der Waals surface area contributed by atoms with Gasteiger partial charge in [-0.25, -0.2) is 4.99 Å². The van der Waals surface area contributed by atoms with Crippen LogP contribution in [0.15, 0.2) is 41.5 Å². The predicted molar refractivity (Wildman–Crippen MR) is 96.8 cm³/mol. The second-order valence-electron chi connectivity index (χ2n) is 4.74. The van der Waals surface area contributed by atoms with Crippen molar-refractivity contribution in [2.45, 2.75) is 19.9 Å². The monoisotopic (exact) mass is 399 g/mol. The van der Waals surface area contributed by atoms with Crippen molar-refractivity contribution < 1.29 is 0 Å². The molecule has 0 bridgehead atoms. The third kappa shape index (κ3) is 5.37. The van der Waals surface area contributed by atoms with Crippen molar-refractivity contribution in [1.82, 2.24) is 15.1 Å². The highest BCUT2D eigenvalue weighted by Crippen LogP contribution is 2.06. The number of aryl methyl sites for hydroxylation is 1. The number of hydrogen-bond donors (Lipinski definition) is 2. The van der Waals surface area contributed by atoms with Crippen LogP contribution in [0.4, 0.5) is 0 Å². The molecule has 0 amide bonds. The van der Waals surface area contributed by atoms with Crippen LogP contribution in [0.5, 0.6) is 0 Å². The molecule has 0 saturated carbocycles. The number of aromatic nitrogens is 2. The Morgan fingerprint density at radius 1 is 1.33 bits per heavy atom. The number of rotatable bonds is 5. The zero-order chi connectivity index (χ0) is 14.4. The Morgan fingerprint density at radius 2 is 2.05 bits per heavy atom. The summed E-state index contributed by atoms with van der Waals surface area (Å²) in [4.78, 5) is 4.33. The van der Waals surface area contributed by atoms with Gasteiger partial charge in [0.05, 0.1) is 12.7 Å². The predicted octanol–water partition coefficient (Wildman–Crippen LogP) is 1.99. The minimum Gasteiger partial charge on any atom is -0.370 e. The van der Waals surface area contributed by atoms with Crippen LogP contribution < -0.4 is 11.1 Å². The van der Waals surface area contributed by atoms with Gasteiger partial charge in [0.25, 0.3) is 0 Å². The Hall–Kier alpha value is -1.57. The molecule has 0 aliphatic rings. The smallest absolute Gasteiger partial charge is 0.188 e. The molecule has 2 rings (SSSR count). The normalized spacial score (nSPS) is 11.0. The maximum absolute atomic E-state index is 5.85. The van der Waals surface area contributed by atoms with Crippen LogP contribution in [0.1, 0.15) is 16.8 Å². The van der Waals surface area contributed by atoms with Gasteiger partial charge in [-0.15, -0.1) is 24.0 Å². The first-order valence-electron chi connectivity index (χ1n) is 6.72. The summed E-state index contributed by atoms with van der Waals surface area (Å²) >= 11 is 0. The highest BCUT2D eigenvalue weighted by atomic mass is 127. The maximum Gasteiger partial charge on any atom is 0.188 e. The summed E-state index contributed by atoms with van der Waals surface area (Å²) in [5.74, 6) is 0.476. The lowest BCUT2D eigenvalue weighted by molar-refractivity contribution is 0.737. The van der Waals surface area contributed by atoms with Crippen LogP contribution in [-0.4, -0.2) is 22.3 Å². The molecule has 6 heteroatoms. The maximum atomic E-state index is 5.85. The van der Waals surface area contributed by atoms with Crippen molar-refractivity contribution in [3.05, 3.63) is 53.3 Å². The van der Waals surface area contributed by atoms with Gasteiger partial charge in [0.1, 0.15) is 0 Å². The number of nitrogens with zero attached hydrogens (tertiary/aromatic N) is 3. The number of aliphatic imine (C=N–C) groups is 1. The summed E-state index contributed by atoms with van der Waals surface area (Å²) in [5.41, 5.74) is 9.36. The summed E-state index contributed by atoms with van der Waals surface area (Å²) in [6.07, 6.45) is 2.76. The number of benzene rings is 1. The minimum absolute atomic E-state index is 0. The summed E-state index contributed by atoms with van der Waals surface area (Å²) < 4.78 is 1.84. The van der Waals surface area contributed by atoms with Gasteiger partial charge >= 0.3 is 0 Å². The van der Waals surface area contributed by atoms with Crippen LogP contribution in [0.25, 0.3) is 0 Å². The fraction of sp³-hybridized carbons (Fsp3) is 0.333. The number of nitrogens with two attached hydrogens (primary N) is 1. The highest BCUT2D eigenvalue weighted by molar-refractivity contribution is 14.0. The van der Waals surface area contributed by atoms with Gasteiger partial charge in [0.15, 0.2) is 5.96 Å². The van der Waals surface area contributed by atoms with Gasteiger partial charge in [-0.05, 0) is 18.9 Å². The van der Waals surface area contributed by atoms with E-state index in [4.69, 9.17) is 5.73 Å². The average molecular weight is 399 g/mol. The minimum atomic E-state index is 0. The number of halogens is 1. The fourth-order valence-electron chi connectivity index (χ4n) is 1.91. The lowest BCUT2D eigenvalue weighted by atomic mass is 10.1. The van der Waals surface area contributed by atoms with E-state index in [1.165, 1.54) is 5.56 Å². The van der Waals surface area contributed by atoms with Crippen LogP contribution >= 0.6 is 24.0 Å². The first-order chi connectivity index (χ1) is 9.66. The second kappa shape index (κ2) is 8.66. The van der Waals surface area contributed by atoms with E-state index in [1.807, 2.05) is 43.0 Å². The number of hydrogen-bond acceptors (Lipinski definition) is 2. The van der Waals surface area contributed by atoms with Gasteiger partial charge in [-0.1, -0.05) is 30.3 Å². The van der Waals surface area contributed by atoms with E-state index in [1.54, 1.807) is 0 Å². The molecule has 21 heavy (non-hydrogen) atoms. The largest absolute Gasteiger partial charge is 0.370 e. The molecule has 0 aliphatic carbocycles. The summed E-state index contributed by atoms with van der Waals surface area (Å²) in [6.45, 7) is 3.37. The van der Waals surface area contributed by atoms with Crippen molar-refractivity contribution in [1.29, 1.82) is 0 Å². The van der Waals surface area contributed by atoms with E-state index < -0.39 is 0 Å². The van der Waals surface area contributed by atoms with Gasteiger partial charge in [-0.3, -0.25) is 4.68 Å². The molecule has 3 N–H and O–H groups in total. The highest BCUT2D eigenvalue weighted by Gasteiger charge is 2.02. The molecule has 5 nitrogen and oxygen atoms in total. The molecule has 1 aromatic heterocycles. The lowest BCUT2D eigenvalue weighted by Crippen LogP contribution is -2.33. The van der Waals surface area contributed by atoms with Crippen LogP contribution in [0.3, 0.4) is 0 Å². The number of nitrogens with one attached hydrogen (secondary N) is 1. The van der Waals surface area contributed by atoms with Gasteiger partial charge in [0.2, 0.25) is 0 Å². The molecular formula is C15H22IN5. The zero-order valence-electron chi connectivity index (χ0n) is 12.4. The Kier molecular flexibility index (Phi) is 7.21. The quantitative estimate of drug-likeness (QED) is 0.459. The van der Waals surface area contributed by atoms with Gasteiger partial charge in [0, 0.05) is 24.8 Å². The number of guanidine groups is 1. The molecule has 114 valence electrons. The second-order valence-corrected chi connectivity index (χ2v) is 4.74. The summed E-state index contributed by atoms with van der Waals surface area (Å²) in [6, 6.07) is 10.3. The van der Waals surface area contributed by atoms with Gasteiger partial charge in [-0.2, -0.15) is 5.10 Å². The molecule has 2 aromatic rings. The Bertz CT molecular complexity index is 577. The van der Waals surface area contributed by atoms with E-state index in [0.717, 1.165) is 24.2 Å². The van der Waals surface area contributed by atoms with Gasteiger partial charge < -0.3 is 11.1 Å². The molecule has 1 aromatic carbocycles. The van der Waals surface area contributed by atoms with Crippen molar-refractivity contribution in [3.8, 4) is 0 Å². The van der Waals surface area contributed by atoms with Crippen molar-refractivity contribution >= 4 is 29.9 Å². The van der Waals surface area contributed by atoms with E-state index in [2.05, 4.69) is 27.5 Å². The van der Waals surface area contributed by atoms with Crippen LogP contribution in [0, 0.1) is 6.92 Å². The standard InChI is InChI=1S/C15H21N5.HI/c1-12-14(11-19-20(12)2)10-18-15(16)17-9-8-13-6-4-3-5-7-13;/h3-7,11H,8-10H2,1-2H3,(H3,16,17,18);1H. The Morgan fingerprint density at radius 3 is 2.67 bits per heavy atom. The molecular weight excluding hydrogens is 377 g/mol. The summed E-state index contributed by atoms with van der Waals surface area (Å²) in [7, 11) is 1.92. The first kappa shape index (κ1) is 17.5. The molecule has 0 saturated heterocycles.